The molecule has 28 heavy (non-hydrogen) atoms. The number of carbonyl (C=O) groups excluding carboxylic acids is 1. The number of nitrogens with zero attached hydrogens (tertiary/aromatic N) is 2. The van der Waals surface area contributed by atoms with Crippen molar-refractivity contribution in [1.82, 2.24) is 9.55 Å². The number of H-pyrrole nitrogens is 1. The molecule has 0 bridgehead atoms. The number of amides is 1. The van der Waals surface area contributed by atoms with Gasteiger partial charge in [-0.15, -0.1) is 0 Å². The van der Waals surface area contributed by atoms with Crippen LogP contribution in [-0.4, -0.2) is 29.1 Å². The van der Waals surface area contributed by atoms with Crippen LogP contribution in [0, 0.1) is 0 Å². The first-order valence-electron chi connectivity index (χ1n) is 9.54. The smallest absolute Gasteiger partial charge is 0.330 e. The highest BCUT2D eigenvalue weighted by molar-refractivity contribution is 6.06. The summed E-state index contributed by atoms with van der Waals surface area (Å²) in [5, 5.41) is 0. The number of nitrogens with two attached hydrogens (primary N) is 1. The summed E-state index contributed by atoms with van der Waals surface area (Å²) < 4.78 is 6.88. The molecule has 0 spiro atoms. The Labute approximate surface area is 163 Å². The maximum atomic E-state index is 12.8. The van der Waals surface area contributed by atoms with Gasteiger partial charge in [0.15, 0.2) is 5.69 Å². The average molecular weight is 388 g/mol. The third kappa shape index (κ3) is 4.82. The molecule has 8 nitrogen and oxygen atoms in total. The lowest BCUT2D eigenvalue weighted by Crippen LogP contribution is -2.39. The molecule has 152 valence electrons. The molecule has 0 saturated carbocycles. The molecule has 0 unspecified atom stereocenters. The molecule has 1 amide bonds. The molecular weight excluding hydrogens is 360 g/mol. The third-order valence-corrected chi connectivity index (χ3v) is 4.46. The highest BCUT2D eigenvalue weighted by Gasteiger charge is 2.22. The molecule has 1 aromatic heterocycles. The standard InChI is InChI=1S/C20H28N4O4/c1-4-6-12-24-17(21)16(18(25)22-20(24)27)23(3)19(26)14-8-10-15(11-9-14)28-13-7-5-2/h8-11H,4-7,12-13,21H2,1-3H3,(H,22,25,27). The Hall–Kier alpha value is -3.03. The zero-order valence-electron chi connectivity index (χ0n) is 16.7. The van der Waals surface area contributed by atoms with E-state index >= 15 is 0 Å². The fraction of sp³-hybridized carbons (Fsp3) is 0.450. The second kappa shape index (κ2) is 9.77. The highest BCUT2D eigenvalue weighted by atomic mass is 16.5. The van der Waals surface area contributed by atoms with Gasteiger partial charge in [0.2, 0.25) is 0 Å². The van der Waals surface area contributed by atoms with Gasteiger partial charge in [-0.1, -0.05) is 26.7 Å². The molecule has 2 aromatic rings. The largest absolute Gasteiger partial charge is 0.494 e. The number of nitrogen functional groups attached to an aromatic ring is 1. The number of aromatic nitrogens is 2. The Bertz CT molecular complexity index is 915. The van der Waals surface area contributed by atoms with Crippen LogP contribution < -0.4 is 26.6 Å². The average Bonchev–Trinajstić information content (AvgIpc) is 2.67. The van der Waals surface area contributed by atoms with Crippen molar-refractivity contribution >= 4 is 17.4 Å². The summed E-state index contributed by atoms with van der Waals surface area (Å²) >= 11 is 0. The molecule has 0 aliphatic rings. The van der Waals surface area contributed by atoms with E-state index in [9.17, 15) is 14.4 Å². The van der Waals surface area contributed by atoms with Gasteiger partial charge in [-0.05, 0) is 37.1 Å². The van der Waals surface area contributed by atoms with Crippen molar-refractivity contribution in [3.8, 4) is 5.75 Å². The predicted molar refractivity (Wildman–Crippen MR) is 110 cm³/mol. The Kier molecular flexibility index (Phi) is 7.43. The van der Waals surface area contributed by atoms with Crippen LogP contribution in [0.2, 0.25) is 0 Å². The van der Waals surface area contributed by atoms with E-state index in [0.29, 0.717) is 24.5 Å². The minimum Gasteiger partial charge on any atom is -0.494 e. The van der Waals surface area contributed by atoms with Gasteiger partial charge in [-0.2, -0.15) is 0 Å². The summed E-state index contributed by atoms with van der Waals surface area (Å²) in [6, 6.07) is 6.70. The van der Waals surface area contributed by atoms with Crippen LogP contribution in [0.25, 0.3) is 0 Å². The van der Waals surface area contributed by atoms with Gasteiger partial charge in [-0.25, -0.2) is 4.79 Å². The van der Waals surface area contributed by atoms with Gasteiger partial charge in [0.1, 0.15) is 11.6 Å². The van der Waals surface area contributed by atoms with Crippen molar-refractivity contribution in [3.63, 3.8) is 0 Å². The highest BCUT2D eigenvalue weighted by Crippen LogP contribution is 2.19. The van der Waals surface area contributed by atoms with Crippen molar-refractivity contribution in [1.29, 1.82) is 0 Å². The number of ether oxygens (including phenoxy) is 1. The van der Waals surface area contributed by atoms with Crippen LogP contribution in [0.15, 0.2) is 33.9 Å². The Morgan fingerprint density at radius 2 is 1.79 bits per heavy atom. The van der Waals surface area contributed by atoms with Crippen LogP contribution in [-0.2, 0) is 6.54 Å². The number of hydrogen-bond acceptors (Lipinski definition) is 5. The normalized spacial score (nSPS) is 10.7. The second-order valence-corrected chi connectivity index (χ2v) is 6.59. The summed E-state index contributed by atoms with van der Waals surface area (Å²) in [6.07, 6.45) is 3.59. The number of anilines is 2. The van der Waals surface area contributed by atoms with Gasteiger partial charge in [-0.3, -0.25) is 19.1 Å². The first kappa shape index (κ1) is 21.3. The molecule has 0 radical (unpaired) electrons. The number of aromatic amines is 1. The van der Waals surface area contributed by atoms with Crippen molar-refractivity contribution in [2.24, 2.45) is 0 Å². The molecule has 3 N–H and O–H groups in total. The molecule has 0 fully saturated rings. The zero-order chi connectivity index (χ0) is 20.7. The minimum atomic E-state index is -0.689. The van der Waals surface area contributed by atoms with Gasteiger partial charge in [0.05, 0.1) is 6.61 Å². The van der Waals surface area contributed by atoms with Crippen molar-refractivity contribution < 1.29 is 9.53 Å². The van der Waals surface area contributed by atoms with E-state index in [4.69, 9.17) is 10.5 Å². The maximum Gasteiger partial charge on any atom is 0.330 e. The van der Waals surface area contributed by atoms with Crippen LogP contribution in [0.4, 0.5) is 11.5 Å². The van der Waals surface area contributed by atoms with E-state index in [2.05, 4.69) is 11.9 Å². The van der Waals surface area contributed by atoms with Gasteiger partial charge < -0.3 is 15.4 Å². The zero-order valence-corrected chi connectivity index (χ0v) is 16.7. The van der Waals surface area contributed by atoms with Crippen molar-refractivity contribution in [3.05, 3.63) is 50.7 Å². The second-order valence-electron chi connectivity index (χ2n) is 6.59. The number of unbranched alkanes of at least 4 members (excludes halogenated alkanes) is 2. The molecule has 1 heterocycles. The lowest BCUT2D eigenvalue weighted by molar-refractivity contribution is 0.0992. The van der Waals surface area contributed by atoms with Crippen LogP contribution in [0.3, 0.4) is 0 Å². The van der Waals surface area contributed by atoms with Gasteiger partial charge in [0, 0.05) is 19.2 Å². The summed E-state index contributed by atoms with van der Waals surface area (Å²) in [4.78, 5) is 40.6. The van der Waals surface area contributed by atoms with E-state index in [1.165, 1.54) is 16.5 Å². The number of carbonyl (C=O) groups is 1. The quantitative estimate of drug-likeness (QED) is 0.641. The fourth-order valence-corrected chi connectivity index (χ4v) is 2.76. The number of rotatable bonds is 9. The molecule has 0 saturated heterocycles. The van der Waals surface area contributed by atoms with E-state index < -0.39 is 17.2 Å². The first-order valence-corrected chi connectivity index (χ1v) is 9.54. The minimum absolute atomic E-state index is 0.0161. The molecule has 0 atom stereocenters. The van der Waals surface area contributed by atoms with E-state index in [-0.39, 0.29) is 11.5 Å². The molecule has 2 rings (SSSR count). The summed E-state index contributed by atoms with van der Waals surface area (Å²) in [6.45, 7) is 5.06. The lowest BCUT2D eigenvalue weighted by atomic mass is 10.2. The Balaban J connectivity index is 2.27. The first-order chi connectivity index (χ1) is 13.4. The van der Waals surface area contributed by atoms with E-state index in [0.717, 1.165) is 25.7 Å². The summed E-state index contributed by atoms with van der Waals surface area (Å²) in [5.74, 6) is 0.258. The Morgan fingerprint density at radius 3 is 2.39 bits per heavy atom. The number of nitrogens with one attached hydrogen (secondary N) is 1. The molecule has 0 aliphatic carbocycles. The predicted octanol–water partition coefficient (Wildman–Crippen LogP) is 2.37. The Morgan fingerprint density at radius 1 is 1.14 bits per heavy atom. The molecule has 8 heteroatoms. The van der Waals surface area contributed by atoms with Crippen LogP contribution in [0.1, 0.15) is 49.9 Å². The molecule has 1 aromatic carbocycles. The summed E-state index contributed by atoms with van der Waals surface area (Å²) in [5.41, 5.74) is 5.15. The van der Waals surface area contributed by atoms with Gasteiger partial charge in [0.25, 0.3) is 11.5 Å². The van der Waals surface area contributed by atoms with Crippen molar-refractivity contribution in [2.75, 3.05) is 24.3 Å². The van der Waals surface area contributed by atoms with E-state index in [1.807, 2.05) is 6.92 Å². The topological polar surface area (TPSA) is 110 Å². The summed E-state index contributed by atoms with van der Waals surface area (Å²) in [7, 11) is 1.46. The third-order valence-electron chi connectivity index (χ3n) is 4.46. The van der Waals surface area contributed by atoms with E-state index in [1.54, 1.807) is 24.3 Å². The lowest BCUT2D eigenvalue weighted by Gasteiger charge is -2.20. The maximum absolute atomic E-state index is 12.8. The van der Waals surface area contributed by atoms with Crippen LogP contribution in [0.5, 0.6) is 5.75 Å². The number of hydrogen-bond donors (Lipinski definition) is 2. The molecule has 0 aliphatic heterocycles. The SMILES string of the molecule is CCCCOc1ccc(C(=O)N(C)c2c(N)n(CCCC)c(=O)[nH]c2=O)cc1. The monoisotopic (exact) mass is 388 g/mol. The number of benzene rings is 1. The van der Waals surface area contributed by atoms with Gasteiger partial charge >= 0.3 is 5.69 Å². The molecular formula is C20H28N4O4. The van der Waals surface area contributed by atoms with Crippen LogP contribution >= 0.6 is 0 Å². The fourth-order valence-electron chi connectivity index (χ4n) is 2.76. The van der Waals surface area contributed by atoms with Crippen molar-refractivity contribution in [2.45, 2.75) is 46.1 Å².